The fraction of sp³-hybridized carbons (Fsp3) is 0.417. The molecule has 4 aromatic rings. The highest BCUT2D eigenvalue weighted by atomic mass is 16.5. The summed E-state index contributed by atoms with van der Waals surface area (Å²) >= 11 is 0. The van der Waals surface area contributed by atoms with Crippen LogP contribution >= 0.6 is 0 Å². The molecule has 33 heavy (non-hydrogen) atoms. The zero-order valence-electron chi connectivity index (χ0n) is 18.9. The SMILES string of the molecule is CCOC(=O)CC(C)n1cc2c(N)nc3cc(-c4ccnn4C4CCCCO4)ccc3c2n1. The van der Waals surface area contributed by atoms with Crippen molar-refractivity contribution in [2.24, 2.45) is 0 Å². The van der Waals surface area contributed by atoms with Gasteiger partial charge in [0.15, 0.2) is 6.23 Å². The quantitative estimate of drug-likeness (QED) is 0.439. The van der Waals surface area contributed by atoms with Gasteiger partial charge < -0.3 is 15.2 Å². The van der Waals surface area contributed by atoms with Crippen LogP contribution in [-0.4, -0.2) is 43.7 Å². The van der Waals surface area contributed by atoms with Crippen LogP contribution in [0.25, 0.3) is 33.1 Å². The van der Waals surface area contributed by atoms with Crippen molar-refractivity contribution >= 4 is 33.6 Å². The Morgan fingerprint density at radius 3 is 2.97 bits per heavy atom. The van der Waals surface area contributed by atoms with E-state index >= 15 is 0 Å². The van der Waals surface area contributed by atoms with E-state index in [4.69, 9.17) is 20.3 Å². The van der Waals surface area contributed by atoms with Gasteiger partial charge in [0.1, 0.15) is 11.3 Å². The Kier molecular flexibility index (Phi) is 5.72. The van der Waals surface area contributed by atoms with Gasteiger partial charge >= 0.3 is 5.97 Å². The summed E-state index contributed by atoms with van der Waals surface area (Å²) in [5.74, 6) is 0.164. The topological polar surface area (TPSA) is 110 Å². The van der Waals surface area contributed by atoms with Gasteiger partial charge in [0.25, 0.3) is 0 Å². The Hall–Kier alpha value is -3.46. The number of nitrogens with zero attached hydrogens (tertiary/aromatic N) is 5. The largest absolute Gasteiger partial charge is 0.466 e. The lowest BCUT2D eigenvalue weighted by molar-refractivity contribution is -0.143. The van der Waals surface area contributed by atoms with Gasteiger partial charge in [0.05, 0.1) is 35.7 Å². The summed E-state index contributed by atoms with van der Waals surface area (Å²) < 4.78 is 14.7. The van der Waals surface area contributed by atoms with Crippen molar-refractivity contribution in [2.45, 2.75) is 51.8 Å². The average molecular weight is 449 g/mol. The monoisotopic (exact) mass is 448 g/mol. The van der Waals surface area contributed by atoms with Gasteiger partial charge in [-0.05, 0) is 51.3 Å². The summed E-state index contributed by atoms with van der Waals surface area (Å²) in [6.45, 7) is 4.85. The fourth-order valence-electron chi connectivity index (χ4n) is 4.42. The Morgan fingerprint density at radius 2 is 2.18 bits per heavy atom. The molecule has 2 unspecified atom stereocenters. The van der Waals surface area contributed by atoms with Crippen LogP contribution in [0.4, 0.5) is 5.82 Å². The minimum atomic E-state index is -0.247. The molecule has 1 aliphatic heterocycles. The standard InChI is InChI=1S/C24H28N6O3/c1-3-32-22(31)12-15(2)29-14-18-23(28-29)17-8-7-16(13-19(17)27-24(18)25)20-9-10-26-30(20)21-6-4-5-11-33-21/h7-10,13-15,21H,3-6,11-12H2,1-2H3,(H2,25,27). The molecule has 9 heteroatoms. The van der Waals surface area contributed by atoms with E-state index in [1.54, 1.807) is 17.8 Å². The van der Waals surface area contributed by atoms with Crippen LogP contribution in [0.3, 0.4) is 0 Å². The summed E-state index contributed by atoms with van der Waals surface area (Å²) in [6.07, 6.45) is 7.03. The number of fused-ring (bicyclic) bond motifs is 3. The molecule has 0 amide bonds. The molecule has 5 rings (SSSR count). The average Bonchev–Trinajstić information content (AvgIpc) is 3.48. The van der Waals surface area contributed by atoms with E-state index in [-0.39, 0.29) is 24.7 Å². The first-order chi connectivity index (χ1) is 16.0. The van der Waals surface area contributed by atoms with Crippen LogP contribution in [0.5, 0.6) is 0 Å². The van der Waals surface area contributed by atoms with Gasteiger partial charge in [-0.15, -0.1) is 0 Å². The molecule has 1 fully saturated rings. The van der Waals surface area contributed by atoms with Crippen LogP contribution in [0.1, 0.15) is 51.8 Å². The number of carbonyl (C=O) groups excluding carboxylic acids is 1. The van der Waals surface area contributed by atoms with Crippen molar-refractivity contribution in [1.29, 1.82) is 0 Å². The van der Waals surface area contributed by atoms with E-state index in [1.165, 1.54) is 0 Å². The summed E-state index contributed by atoms with van der Waals surface area (Å²) in [5.41, 5.74) is 9.82. The van der Waals surface area contributed by atoms with Crippen molar-refractivity contribution in [3.63, 3.8) is 0 Å². The van der Waals surface area contributed by atoms with Crippen molar-refractivity contribution in [2.75, 3.05) is 18.9 Å². The van der Waals surface area contributed by atoms with Crippen LogP contribution in [-0.2, 0) is 14.3 Å². The smallest absolute Gasteiger partial charge is 0.307 e. The van der Waals surface area contributed by atoms with Gasteiger partial charge in [-0.1, -0.05) is 6.07 Å². The minimum Gasteiger partial charge on any atom is -0.466 e. The minimum absolute atomic E-state index is 0.0449. The van der Waals surface area contributed by atoms with Crippen molar-refractivity contribution in [3.8, 4) is 11.3 Å². The number of hydrogen-bond acceptors (Lipinski definition) is 7. The molecule has 4 heterocycles. The van der Waals surface area contributed by atoms with Crippen molar-refractivity contribution in [3.05, 3.63) is 36.7 Å². The second kappa shape index (κ2) is 8.82. The predicted octanol–water partition coefficient (Wildman–Crippen LogP) is 4.24. The van der Waals surface area contributed by atoms with Gasteiger partial charge in [-0.25, -0.2) is 9.67 Å². The highest BCUT2D eigenvalue weighted by Crippen LogP contribution is 2.33. The molecule has 172 valence electrons. The maximum Gasteiger partial charge on any atom is 0.307 e. The lowest BCUT2D eigenvalue weighted by Crippen LogP contribution is -2.19. The molecule has 9 nitrogen and oxygen atoms in total. The number of carbonyl (C=O) groups is 1. The van der Waals surface area contributed by atoms with Gasteiger partial charge in [-0.2, -0.15) is 10.2 Å². The Labute approximate surface area is 191 Å². The van der Waals surface area contributed by atoms with Crippen LogP contribution < -0.4 is 5.73 Å². The third-order valence-electron chi connectivity index (χ3n) is 6.12. The van der Waals surface area contributed by atoms with Crippen LogP contribution in [0.2, 0.25) is 0 Å². The number of rotatable bonds is 6. The fourth-order valence-corrected chi connectivity index (χ4v) is 4.42. The van der Waals surface area contributed by atoms with E-state index in [0.717, 1.165) is 58.9 Å². The lowest BCUT2D eigenvalue weighted by atomic mass is 10.1. The molecule has 0 aliphatic carbocycles. The molecule has 0 spiro atoms. The normalized spacial score (nSPS) is 17.5. The number of aromatic nitrogens is 5. The molecule has 0 saturated carbocycles. The third kappa shape index (κ3) is 4.04. The van der Waals surface area contributed by atoms with E-state index in [0.29, 0.717) is 12.4 Å². The second-order valence-electron chi connectivity index (χ2n) is 8.44. The van der Waals surface area contributed by atoms with Crippen molar-refractivity contribution in [1.82, 2.24) is 24.5 Å². The maximum absolute atomic E-state index is 11.9. The maximum atomic E-state index is 11.9. The number of hydrogen-bond donors (Lipinski definition) is 1. The highest BCUT2D eigenvalue weighted by Gasteiger charge is 2.21. The molecule has 2 atom stereocenters. The zero-order chi connectivity index (χ0) is 22.9. The number of esters is 1. The first-order valence-electron chi connectivity index (χ1n) is 11.4. The Balaban J connectivity index is 1.52. The summed E-state index contributed by atoms with van der Waals surface area (Å²) in [6, 6.07) is 7.92. The predicted molar refractivity (Wildman–Crippen MR) is 125 cm³/mol. The molecule has 1 aromatic carbocycles. The molecular weight excluding hydrogens is 420 g/mol. The molecule has 1 aliphatic rings. The number of nitrogens with two attached hydrogens (primary N) is 1. The molecular formula is C24H28N6O3. The Morgan fingerprint density at radius 1 is 1.30 bits per heavy atom. The third-order valence-corrected chi connectivity index (χ3v) is 6.12. The van der Waals surface area contributed by atoms with E-state index in [2.05, 4.69) is 16.1 Å². The molecule has 0 bridgehead atoms. The van der Waals surface area contributed by atoms with Crippen LogP contribution in [0.15, 0.2) is 36.7 Å². The second-order valence-corrected chi connectivity index (χ2v) is 8.44. The molecule has 1 saturated heterocycles. The molecule has 3 aromatic heterocycles. The van der Waals surface area contributed by atoms with E-state index in [9.17, 15) is 4.79 Å². The van der Waals surface area contributed by atoms with Gasteiger partial charge in [-0.3, -0.25) is 9.48 Å². The lowest BCUT2D eigenvalue weighted by Gasteiger charge is -2.24. The summed E-state index contributed by atoms with van der Waals surface area (Å²) in [7, 11) is 0. The van der Waals surface area contributed by atoms with E-state index < -0.39 is 0 Å². The Bertz CT molecular complexity index is 1300. The number of nitrogen functional groups attached to an aromatic ring is 1. The summed E-state index contributed by atoms with van der Waals surface area (Å²) in [5, 5.41) is 10.9. The highest BCUT2D eigenvalue weighted by molar-refractivity contribution is 6.08. The van der Waals surface area contributed by atoms with Gasteiger partial charge in [0, 0.05) is 30.0 Å². The molecule has 2 N–H and O–H groups in total. The van der Waals surface area contributed by atoms with Gasteiger partial charge in [0.2, 0.25) is 0 Å². The summed E-state index contributed by atoms with van der Waals surface area (Å²) in [4.78, 5) is 16.5. The first-order valence-corrected chi connectivity index (χ1v) is 11.4. The number of pyridine rings is 1. The van der Waals surface area contributed by atoms with Crippen molar-refractivity contribution < 1.29 is 14.3 Å². The number of anilines is 1. The molecule has 0 radical (unpaired) electrons. The van der Waals surface area contributed by atoms with Crippen LogP contribution in [0, 0.1) is 0 Å². The first kappa shape index (κ1) is 21.4. The zero-order valence-corrected chi connectivity index (χ0v) is 18.9. The number of ether oxygens (including phenoxy) is 2. The van der Waals surface area contributed by atoms with E-state index in [1.807, 2.05) is 36.0 Å². The number of benzene rings is 1.